The van der Waals surface area contributed by atoms with Crippen molar-refractivity contribution in [3.8, 4) is 0 Å². The first-order valence-corrected chi connectivity index (χ1v) is 7.02. The maximum absolute atomic E-state index is 6.10. The molecule has 0 aliphatic rings. The van der Waals surface area contributed by atoms with Crippen molar-refractivity contribution in [2.45, 2.75) is 26.2 Å². The SMILES string of the molecule is Cc1ccc(C(CCN)c2cccc(Cl)c2)cc1C. The molecule has 0 saturated carbocycles. The van der Waals surface area contributed by atoms with Crippen LogP contribution in [0, 0.1) is 13.8 Å². The molecule has 0 amide bonds. The zero-order valence-corrected chi connectivity index (χ0v) is 12.2. The maximum atomic E-state index is 6.10. The largest absolute Gasteiger partial charge is 0.330 e. The molecule has 0 fully saturated rings. The Morgan fingerprint density at radius 2 is 1.74 bits per heavy atom. The Balaban J connectivity index is 2.42. The monoisotopic (exact) mass is 273 g/mol. The van der Waals surface area contributed by atoms with E-state index in [4.69, 9.17) is 17.3 Å². The van der Waals surface area contributed by atoms with Gasteiger partial charge in [-0.1, -0.05) is 41.9 Å². The summed E-state index contributed by atoms with van der Waals surface area (Å²) in [7, 11) is 0. The van der Waals surface area contributed by atoms with Crippen molar-refractivity contribution in [3.63, 3.8) is 0 Å². The standard InChI is InChI=1S/C17H20ClN/c1-12-6-7-15(10-13(12)2)17(8-9-19)14-4-3-5-16(18)11-14/h3-7,10-11,17H,8-9,19H2,1-2H3. The van der Waals surface area contributed by atoms with Crippen molar-refractivity contribution in [2.24, 2.45) is 5.73 Å². The molecule has 0 saturated heterocycles. The van der Waals surface area contributed by atoms with Gasteiger partial charge in [0.2, 0.25) is 0 Å². The van der Waals surface area contributed by atoms with Crippen molar-refractivity contribution in [2.75, 3.05) is 6.54 Å². The fourth-order valence-electron chi connectivity index (χ4n) is 2.40. The number of aryl methyl sites for hydroxylation is 2. The van der Waals surface area contributed by atoms with E-state index in [2.05, 4.69) is 38.1 Å². The lowest BCUT2D eigenvalue weighted by Gasteiger charge is -2.18. The molecule has 0 radical (unpaired) electrons. The molecule has 1 unspecified atom stereocenters. The van der Waals surface area contributed by atoms with Crippen molar-refractivity contribution >= 4 is 11.6 Å². The molecule has 0 spiro atoms. The van der Waals surface area contributed by atoms with E-state index in [1.807, 2.05) is 18.2 Å². The third kappa shape index (κ3) is 3.37. The van der Waals surface area contributed by atoms with Gasteiger partial charge in [-0.2, -0.15) is 0 Å². The van der Waals surface area contributed by atoms with Gasteiger partial charge in [-0.25, -0.2) is 0 Å². The van der Waals surface area contributed by atoms with Gasteiger partial charge in [0.1, 0.15) is 0 Å². The first kappa shape index (κ1) is 14.1. The van der Waals surface area contributed by atoms with Crippen LogP contribution >= 0.6 is 11.6 Å². The molecule has 2 aromatic carbocycles. The van der Waals surface area contributed by atoms with Gasteiger partial charge < -0.3 is 5.73 Å². The van der Waals surface area contributed by atoms with Gasteiger partial charge in [-0.15, -0.1) is 0 Å². The number of rotatable bonds is 4. The molecule has 1 nitrogen and oxygen atoms in total. The molecule has 100 valence electrons. The van der Waals surface area contributed by atoms with E-state index in [1.54, 1.807) is 0 Å². The van der Waals surface area contributed by atoms with Gasteiger partial charge in [0.25, 0.3) is 0 Å². The predicted molar refractivity (Wildman–Crippen MR) is 82.9 cm³/mol. The molecule has 0 aromatic heterocycles. The van der Waals surface area contributed by atoms with E-state index in [-0.39, 0.29) is 0 Å². The van der Waals surface area contributed by atoms with E-state index in [1.165, 1.54) is 22.3 Å². The molecular formula is C17H20ClN. The summed E-state index contributed by atoms with van der Waals surface area (Å²) in [5.41, 5.74) is 11.0. The number of nitrogens with two attached hydrogens (primary N) is 1. The molecule has 2 aromatic rings. The molecule has 2 N–H and O–H groups in total. The van der Waals surface area contributed by atoms with Crippen LogP contribution in [-0.2, 0) is 0 Å². The maximum Gasteiger partial charge on any atom is 0.0408 e. The first-order valence-electron chi connectivity index (χ1n) is 6.64. The molecule has 19 heavy (non-hydrogen) atoms. The summed E-state index contributed by atoms with van der Waals surface area (Å²) in [5.74, 6) is 0.322. The molecule has 2 rings (SSSR count). The lowest BCUT2D eigenvalue weighted by molar-refractivity contribution is 0.725. The highest BCUT2D eigenvalue weighted by Crippen LogP contribution is 2.30. The predicted octanol–water partition coefficient (Wildman–Crippen LogP) is 4.44. The van der Waals surface area contributed by atoms with Crippen molar-refractivity contribution < 1.29 is 0 Å². The van der Waals surface area contributed by atoms with Crippen LogP contribution in [0.4, 0.5) is 0 Å². The quantitative estimate of drug-likeness (QED) is 0.876. The second-order valence-corrected chi connectivity index (χ2v) is 5.47. The van der Waals surface area contributed by atoms with Crippen LogP contribution in [0.25, 0.3) is 0 Å². The Morgan fingerprint density at radius 1 is 1.00 bits per heavy atom. The van der Waals surface area contributed by atoms with Gasteiger partial charge in [0, 0.05) is 10.9 Å². The lowest BCUT2D eigenvalue weighted by Crippen LogP contribution is -2.09. The Morgan fingerprint density at radius 3 is 2.37 bits per heavy atom. The van der Waals surface area contributed by atoms with Crippen LogP contribution in [0.3, 0.4) is 0 Å². The summed E-state index contributed by atoms with van der Waals surface area (Å²) in [4.78, 5) is 0. The summed E-state index contributed by atoms with van der Waals surface area (Å²) >= 11 is 6.10. The van der Waals surface area contributed by atoms with Crippen molar-refractivity contribution in [1.29, 1.82) is 0 Å². The summed E-state index contributed by atoms with van der Waals surface area (Å²) in [6.07, 6.45) is 0.933. The van der Waals surface area contributed by atoms with E-state index in [0.29, 0.717) is 12.5 Å². The minimum absolute atomic E-state index is 0.322. The first-order chi connectivity index (χ1) is 9.11. The minimum atomic E-state index is 0.322. The van der Waals surface area contributed by atoms with E-state index in [0.717, 1.165) is 11.4 Å². The normalized spacial score (nSPS) is 12.4. The average Bonchev–Trinajstić information content (AvgIpc) is 2.39. The number of benzene rings is 2. The van der Waals surface area contributed by atoms with Crippen molar-refractivity contribution in [1.82, 2.24) is 0 Å². The molecule has 1 atom stereocenters. The summed E-state index contributed by atoms with van der Waals surface area (Å²) in [6, 6.07) is 14.7. The number of halogens is 1. The Labute approximate surface area is 120 Å². The topological polar surface area (TPSA) is 26.0 Å². The third-order valence-corrected chi connectivity index (χ3v) is 3.87. The van der Waals surface area contributed by atoms with Crippen LogP contribution < -0.4 is 5.73 Å². The molecular weight excluding hydrogens is 254 g/mol. The van der Waals surface area contributed by atoms with E-state index < -0.39 is 0 Å². The highest BCUT2D eigenvalue weighted by molar-refractivity contribution is 6.30. The van der Waals surface area contributed by atoms with Gasteiger partial charge in [0.15, 0.2) is 0 Å². The van der Waals surface area contributed by atoms with Gasteiger partial charge in [-0.3, -0.25) is 0 Å². The fraction of sp³-hybridized carbons (Fsp3) is 0.294. The van der Waals surface area contributed by atoms with Crippen LogP contribution in [0.15, 0.2) is 42.5 Å². The van der Waals surface area contributed by atoms with Crippen LogP contribution in [-0.4, -0.2) is 6.54 Å². The van der Waals surface area contributed by atoms with Crippen LogP contribution in [0.5, 0.6) is 0 Å². The summed E-state index contributed by atoms with van der Waals surface area (Å²) in [6.45, 7) is 4.96. The number of hydrogen-bond acceptors (Lipinski definition) is 1. The smallest absolute Gasteiger partial charge is 0.0408 e. The highest BCUT2D eigenvalue weighted by Gasteiger charge is 2.14. The second-order valence-electron chi connectivity index (χ2n) is 5.03. The van der Waals surface area contributed by atoms with Gasteiger partial charge in [0.05, 0.1) is 0 Å². The molecule has 0 aliphatic heterocycles. The molecule has 0 bridgehead atoms. The Kier molecular flexibility index (Phi) is 4.62. The van der Waals surface area contributed by atoms with Crippen LogP contribution in [0.1, 0.15) is 34.6 Å². The third-order valence-electron chi connectivity index (χ3n) is 3.64. The van der Waals surface area contributed by atoms with E-state index in [9.17, 15) is 0 Å². The average molecular weight is 274 g/mol. The Bertz CT molecular complexity index is 563. The zero-order valence-electron chi connectivity index (χ0n) is 11.5. The van der Waals surface area contributed by atoms with Gasteiger partial charge in [-0.05, 0) is 61.2 Å². The molecule has 0 aliphatic carbocycles. The highest BCUT2D eigenvalue weighted by atomic mass is 35.5. The van der Waals surface area contributed by atoms with Gasteiger partial charge >= 0.3 is 0 Å². The second kappa shape index (κ2) is 6.23. The summed E-state index contributed by atoms with van der Waals surface area (Å²) < 4.78 is 0. The lowest BCUT2D eigenvalue weighted by atomic mass is 9.87. The minimum Gasteiger partial charge on any atom is -0.330 e. The Hall–Kier alpha value is -1.31. The molecule has 2 heteroatoms. The van der Waals surface area contributed by atoms with Crippen LogP contribution in [0.2, 0.25) is 5.02 Å². The summed E-state index contributed by atoms with van der Waals surface area (Å²) in [5, 5.41) is 0.781. The zero-order chi connectivity index (χ0) is 13.8. The number of hydrogen-bond donors (Lipinski definition) is 1. The van der Waals surface area contributed by atoms with E-state index >= 15 is 0 Å². The molecule has 0 heterocycles. The van der Waals surface area contributed by atoms with Crippen molar-refractivity contribution in [3.05, 3.63) is 69.7 Å². The fourth-order valence-corrected chi connectivity index (χ4v) is 2.60.